The van der Waals surface area contributed by atoms with Crippen molar-refractivity contribution in [3.05, 3.63) is 76.9 Å². The van der Waals surface area contributed by atoms with Crippen molar-refractivity contribution in [1.29, 1.82) is 5.26 Å². The molecule has 1 aromatic heterocycles. The van der Waals surface area contributed by atoms with Gasteiger partial charge in [-0.15, -0.1) is 0 Å². The zero-order valence-electron chi connectivity index (χ0n) is 14.3. The van der Waals surface area contributed by atoms with Crippen LogP contribution in [0.2, 0.25) is 0 Å². The van der Waals surface area contributed by atoms with Gasteiger partial charge in [-0.3, -0.25) is 4.79 Å². The Morgan fingerprint density at radius 3 is 2.52 bits per heavy atom. The highest BCUT2D eigenvalue weighted by molar-refractivity contribution is 5.95. The van der Waals surface area contributed by atoms with Crippen LogP contribution in [-0.2, 0) is 0 Å². The summed E-state index contributed by atoms with van der Waals surface area (Å²) in [5.41, 5.74) is 4.78. The predicted molar refractivity (Wildman–Crippen MR) is 95.4 cm³/mol. The van der Waals surface area contributed by atoms with Crippen LogP contribution in [0.1, 0.15) is 34.0 Å². The van der Waals surface area contributed by atoms with Crippen LogP contribution in [0.25, 0.3) is 16.8 Å². The van der Waals surface area contributed by atoms with Crippen molar-refractivity contribution in [2.45, 2.75) is 20.8 Å². The van der Waals surface area contributed by atoms with Crippen molar-refractivity contribution in [3.63, 3.8) is 0 Å². The average molecular weight is 332 g/mol. The molecular weight excluding hydrogens is 315 g/mol. The summed E-state index contributed by atoms with van der Waals surface area (Å²) in [5.74, 6) is -0.277. The van der Waals surface area contributed by atoms with Crippen molar-refractivity contribution in [2.75, 3.05) is 0 Å². The maximum atomic E-state index is 13.9. The minimum atomic E-state index is -0.296. The zero-order chi connectivity index (χ0) is 18.1. The number of aromatic nitrogens is 1. The molecule has 3 nitrogen and oxygen atoms in total. The Bertz CT molecular complexity index is 1020. The standard InChI is InChI=1S/C21H17FN2O/c1-13-9-17(7-8-18(13)15(3)25)24-11-16(10-23)20(12-24)19-5-4-6-21(22)14(19)2/h4-9,11-12H,1-3H3. The second-order valence-corrected chi connectivity index (χ2v) is 6.07. The quantitative estimate of drug-likeness (QED) is 0.635. The second-order valence-electron chi connectivity index (χ2n) is 6.07. The van der Waals surface area contributed by atoms with Crippen LogP contribution in [0.4, 0.5) is 4.39 Å². The average Bonchev–Trinajstić information content (AvgIpc) is 3.01. The molecule has 3 aromatic rings. The molecule has 0 radical (unpaired) electrons. The van der Waals surface area contributed by atoms with Crippen LogP contribution < -0.4 is 0 Å². The Hall–Kier alpha value is -3.19. The molecule has 3 rings (SSSR count). The number of aryl methyl sites for hydroxylation is 1. The van der Waals surface area contributed by atoms with Crippen LogP contribution >= 0.6 is 0 Å². The SMILES string of the molecule is CC(=O)c1ccc(-n2cc(C#N)c(-c3cccc(F)c3C)c2)cc1C. The van der Waals surface area contributed by atoms with Gasteiger partial charge in [-0.05, 0) is 61.7 Å². The molecule has 0 bridgehead atoms. The number of nitriles is 1. The van der Waals surface area contributed by atoms with E-state index in [9.17, 15) is 14.4 Å². The van der Waals surface area contributed by atoms with Gasteiger partial charge in [-0.1, -0.05) is 12.1 Å². The molecule has 0 aliphatic rings. The number of carbonyl (C=O) groups excluding carboxylic acids is 1. The highest BCUT2D eigenvalue weighted by Gasteiger charge is 2.14. The van der Waals surface area contributed by atoms with Gasteiger partial charge in [0.05, 0.1) is 5.56 Å². The summed E-state index contributed by atoms with van der Waals surface area (Å²) in [4.78, 5) is 11.6. The Morgan fingerprint density at radius 1 is 1.12 bits per heavy atom. The molecule has 0 atom stereocenters. The largest absolute Gasteiger partial charge is 0.322 e. The van der Waals surface area contributed by atoms with Gasteiger partial charge in [-0.2, -0.15) is 5.26 Å². The van der Waals surface area contributed by atoms with E-state index >= 15 is 0 Å². The van der Waals surface area contributed by atoms with Gasteiger partial charge in [0.15, 0.2) is 5.78 Å². The van der Waals surface area contributed by atoms with Crippen LogP contribution in [0, 0.1) is 31.0 Å². The maximum Gasteiger partial charge on any atom is 0.160 e. The van der Waals surface area contributed by atoms with Crippen molar-refractivity contribution in [1.82, 2.24) is 4.57 Å². The van der Waals surface area contributed by atoms with E-state index in [1.165, 1.54) is 13.0 Å². The Labute approximate surface area is 146 Å². The third-order valence-corrected chi connectivity index (χ3v) is 4.39. The number of halogens is 1. The zero-order valence-corrected chi connectivity index (χ0v) is 14.3. The Kier molecular flexibility index (Phi) is 4.24. The number of nitrogens with zero attached hydrogens (tertiary/aromatic N) is 2. The van der Waals surface area contributed by atoms with Crippen LogP contribution in [0.3, 0.4) is 0 Å². The molecular formula is C21H17FN2O. The first-order valence-corrected chi connectivity index (χ1v) is 7.92. The number of rotatable bonds is 3. The molecule has 0 aliphatic carbocycles. The van der Waals surface area contributed by atoms with E-state index in [0.717, 1.165) is 11.3 Å². The van der Waals surface area contributed by atoms with E-state index in [4.69, 9.17) is 0 Å². The lowest BCUT2D eigenvalue weighted by Crippen LogP contribution is -1.98. The molecule has 25 heavy (non-hydrogen) atoms. The van der Waals surface area contributed by atoms with Gasteiger partial charge in [0.2, 0.25) is 0 Å². The van der Waals surface area contributed by atoms with E-state index in [2.05, 4.69) is 6.07 Å². The van der Waals surface area contributed by atoms with Gasteiger partial charge in [0, 0.05) is 29.2 Å². The van der Waals surface area contributed by atoms with Gasteiger partial charge in [0.1, 0.15) is 11.9 Å². The topological polar surface area (TPSA) is 45.8 Å². The van der Waals surface area contributed by atoms with Gasteiger partial charge in [0.25, 0.3) is 0 Å². The van der Waals surface area contributed by atoms with E-state index in [1.54, 1.807) is 25.3 Å². The fraction of sp³-hybridized carbons (Fsp3) is 0.143. The minimum absolute atomic E-state index is 0.0188. The minimum Gasteiger partial charge on any atom is -0.322 e. The van der Waals surface area contributed by atoms with E-state index in [-0.39, 0.29) is 11.6 Å². The van der Waals surface area contributed by atoms with Crippen LogP contribution in [-0.4, -0.2) is 10.4 Å². The number of Topliss-reactive ketones (excluding diaryl/α,β-unsaturated/α-hetero) is 1. The third kappa shape index (κ3) is 2.97. The molecule has 124 valence electrons. The second kappa shape index (κ2) is 6.37. The van der Waals surface area contributed by atoms with Crippen molar-refractivity contribution in [2.24, 2.45) is 0 Å². The molecule has 0 N–H and O–H groups in total. The third-order valence-electron chi connectivity index (χ3n) is 4.39. The maximum absolute atomic E-state index is 13.9. The Balaban J connectivity index is 2.14. The van der Waals surface area contributed by atoms with E-state index < -0.39 is 0 Å². The summed E-state index contributed by atoms with van der Waals surface area (Å²) in [5, 5.41) is 9.47. The summed E-state index contributed by atoms with van der Waals surface area (Å²) in [6.07, 6.45) is 3.55. The molecule has 1 heterocycles. The predicted octanol–water partition coefficient (Wildman–Crippen LogP) is 4.97. The van der Waals surface area contributed by atoms with Gasteiger partial charge >= 0.3 is 0 Å². The number of carbonyl (C=O) groups is 1. The fourth-order valence-corrected chi connectivity index (χ4v) is 3.01. The first kappa shape index (κ1) is 16.7. The number of hydrogen-bond acceptors (Lipinski definition) is 2. The Morgan fingerprint density at radius 2 is 1.88 bits per heavy atom. The molecule has 0 unspecified atom stereocenters. The highest BCUT2D eigenvalue weighted by Crippen LogP contribution is 2.30. The highest BCUT2D eigenvalue weighted by atomic mass is 19.1. The lowest BCUT2D eigenvalue weighted by atomic mass is 10.00. The smallest absolute Gasteiger partial charge is 0.160 e. The molecule has 0 saturated carbocycles. The molecule has 0 fully saturated rings. The molecule has 0 spiro atoms. The number of ketones is 1. The van der Waals surface area contributed by atoms with Crippen LogP contribution in [0.5, 0.6) is 0 Å². The fourth-order valence-electron chi connectivity index (χ4n) is 3.01. The van der Waals surface area contributed by atoms with Crippen molar-refractivity contribution < 1.29 is 9.18 Å². The lowest BCUT2D eigenvalue weighted by Gasteiger charge is -2.08. The summed E-state index contributed by atoms with van der Waals surface area (Å²) < 4.78 is 15.7. The van der Waals surface area contributed by atoms with E-state index in [0.29, 0.717) is 27.8 Å². The monoisotopic (exact) mass is 332 g/mol. The van der Waals surface area contributed by atoms with Crippen LogP contribution in [0.15, 0.2) is 48.8 Å². The number of hydrogen-bond donors (Lipinski definition) is 0. The van der Waals surface area contributed by atoms with Crippen molar-refractivity contribution >= 4 is 5.78 Å². The van der Waals surface area contributed by atoms with E-state index in [1.807, 2.05) is 35.9 Å². The summed E-state index contributed by atoms with van der Waals surface area (Å²) in [6.45, 7) is 5.12. The first-order chi connectivity index (χ1) is 11.9. The van der Waals surface area contributed by atoms with Gasteiger partial charge in [-0.25, -0.2) is 4.39 Å². The van der Waals surface area contributed by atoms with Crippen molar-refractivity contribution in [3.8, 4) is 22.9 Å². The summed E-state index contributed by atoms with van der Waals surface area (Å²) >= 11 is 0. The molecule has 4 heteroatoms. The summed E-state index contributed by atoms with van der Waals surface area (Å²) in [7, 11) is 0. The molecule has 2 aromatic carbocycles. The first-order valence-electron chi connectivity index (χ1n) is 7.92. The lowest BCUT2D eigenvalue weighted by molar-refractivity contribution is 0.101. The summed E-state index contributed by atoms with van der Waals surface area (Å²) in [6, 6.07) is 12.6. The normalized spacial score (nSPS) is 10.5. The van der Waals surface area contributed by atoms with Gasteiger partial charge < -0.3 is 4.57 Å². The number of benzene rings is 2. The molecule has 0 aliphatic heterocycles. The molecule has 0 saturated heterocycles. The molecule has 0 amide bonds.